The number of benzene rings is 1. The highest BCUT2D eigenvalue weighted by Crippen LogP contribution is 2.24. The second kappa shape index (κ2) is 4.10. The first kappa shape index (κ1) is 9.81. The average Bonchev–Trinajstić information content (AvgIpc) is 2.03. The largest absolute Gasteiger partial charge is 0.329 e. The molecular weight excluding hydrogens is 195 g/mol. The van der Waals surface area contributed by atoms with Crippen molar-refractivity contribution in [1.29, 1.82) is 0 Å². The maximum atomic E-state index is 5.88. The van der Waals surface area contributed by atoms with E-state index in [9.17, 15) is 0 Å². The lowest BCUT2D eigenvalue weighted by molar-refractivity contribution is 0.737. The lowest BCUT2D eigenvalue weighted by Crippen LogP contribution is -2.20. The Hall–Kier alpha value is -0.280. The quantitative estimate of drug-likeness (QED) is 0.775. The lowest BCUT2D eigenvalue weighted by Gasteiger charge is -2.10. The van der Waals surface area contributed by atoms with Crippen molar-refractivity contribution in [1.82, 2.24) is 0 Å². The van der Waals surface area contributed by atoms with Crippen LogP contribution >= 0.6 is 23.2 Å². The van der Waals surface area contributed by atoms with E-state index in [4.69, 9.17) is 34.7 Å². The van der Waals surface area contributed by atoms with E-state index < -0.39 is 0 Å². The molecule has 4 N–H and O–H groups in total. The first-order chi connectivity index (χ1) is 5.65. The summed E-state index contributed by atoms with van der Waals surface area (Å²) in [6.45, 7) is 0.376. The fourth-order valence-corrected chi connectivity index (χ4v) is 1.48. The number of halogens is 2. The van der Waals surface area contributed by atoms with Gasteiger partial charge in [0.2, 0.25) is 0 Å². The van der Waals surface area contributed by atoms with Crippen molar-refractivity contribution in [3.8, 4) is 0 Å². The molecule has 4 heteroatoms. The summed E-state index contributed by atoms with van der Waals surface area (Å²) in [5.74, 6) is 0. The van der Waals surface area contributed by atoms with Gasteiger partial charge in [0.05, 0.1) is 0 Å². The highest BCUT2D eigenvalue weighted by Gasteiger charge is 2.07. The van der Waals surface area contributed by atoms with Crippen molar-refractivity contribution in [3.63, 3.8) is 0 Å². The Morgan fingerprint density at radius 1 is 1.33 bits per heavy atom. The van der Waals surface area contributed by atoms with Gasteiger partial charge in [-0.25, -0.2) is 0 Å². The van der Waals surface area contributed by atoms with Gasteiger partial charge in [0.15, 0.2) is 0 Å². The molecular formula is C8H10Cl2N2. The zero-order valence-electron chi connectivity index (χ0n) is 6.43. The maximum absolute atomic E-state index is 5.88. The molecule has 0 radical (unpaired) electrons. The Bertz CT molecular complexity index is 276. The summed E-state index contributed by atoms with van der Waals surface area (Å²) >= 11 is 11.6. The third-order valence-electron chi connectivity index (χ3n) is 1.62. The van der Waals surface area contributed by atoms with Crippen LogP contribution in [0.3, 0.4) is 0 Å². The van der Waals surface area contributed by atoms with E-state index in [1.54, 1.807) is 18.2 Å². The molecule has 0 heterocycles. The molecule has 0 spiro atoms. The van der Waals surface area contributed by atoms with Crippen LogP contribution in [-0.4, -0.2) is 6.54 Å². The maximum Gasteiger partial charge on any atom is 0.0469 e. The smallest absolute Gasteiger partial charge is 0.0469 e. The second-order valence-corrected chi connectivity index (χ2v) is 3.35. The monoisotopic (exact) mass is 204 g/mol. The van der Waals surface area contributed by atoms with Crippen molar-refractivity contribution in [2.24, 2.45) is 11.5 Å². The molecule has 66 valence electrons. The zero-order chi connectivity index (χ0) is 9.14. The third-order valence-corrected chi connectivity index (χ3v) is 2.18. The van der Waals surface area contributed by atoms with Gasteiger partial charge in [-0.2, -0.15) is 0 Å². The van der Waals surface area contributed by atoms with E-state index in [0.29, 0.717) is 16.6 Å². The van der Waals surface area contributed by atoms with Crippen LogP contribution in [0.1, 0.15) is 11.6 Å². The standard InChI is InChI=1S/C8H10Cl2N2/c9-5-1-2-6(7(10)3-5)8(12)4-11/h1-3,8H,4,11-12H2/t8-/m1/s1. The van der Waals surface area contributed by atoms with Gasteiger partial charge in [-0.05, 0) is 17.7 Å². The molecule has 0 aliphatic rings. The van der Waals surface area contributed by atoms with Gasteiger partial charge in [0.25, 0.3) is 0 Å². The van der Waals surface area contributed by atoms with Crippen LogP contribution < -0.4 is 11.5 Å². The SMILES string of the molecule is NC[C@@H](N)c1ccc(Cl)cc1Cl. The molecule has 0 bridgehead atoms. The van der Waals surface area contributed by atoms with Crippen LogP contribution in [-0.2, 0) is 0 Å². The normalized spacial score (nSPS) is 13.0. The Morgan fingerprint density at radius 3 is 2.50 bits per heavy atom. The van der Waals surface area contributed by atoms with E-state index in [0.717, 1.165) is 5.56 Å². The summed E-state index contributed by atoms with van der Waals surface area (Å²) in [7, 11) is 0. The summed E-state index contributed by atoms with van der Waals surface area (Å²) in [6.07, 6.45) is 0. The van der Waals surface area contributed by atoms with Crippen molar-refractivity contribution >= 4 is 23.2 Å². The van der Waals surface area contributed by atoms with E-state index in [1.165, 1.54) is 0 Å². The fourth-order valence-electron chi connectivity index (χ4n) is 0.929. The first-order valence-electron chi connectivity index (χ1n) is 3.55. The molecule has 0 fully saturated rings. The van der Waals surface area contributed by atoms with Crippen molar-refractivity contribution in [2.45, 2.75) is 6.04 Å². The Kier molecular flexibility index (Phi) is 3.35. The molecule has 12 heavy (non-hydrogen) atoms. The summed E-state index contributed by atoms with van der Waals surface area (Å²) < 4.78 is 0. The van der Waals surface area contributed by atoms with Crippen LogP contribution in [0.4, 0.5) is 0 Å². The Morgan fingerprint density at radius 2 is 2.00 bits per heavy atom. The highest BCUT2D eigenvalue weighted by atomic mass is 35.5. The van der Waals surface area contributed by atoms with Crippen LogP contribution in [0.2, 0.25) is 10.0 Å². The van der Waals surface area contributed by atoms with Crippen LogP contribution in [0.5, 0.6) is 0 Å². The molecule has 0 saturated carbocycles. The molecule has 0 amide bonds. The first-order valence-corrected chi connectivity index (χ1v) is 4.31. The Labute approximate surface area is 81.4 Å². The minimum Gasteiger partial charge on any atom is -0.329 e. The van der Waals surface area contributed by atoms with Gasteiger partial charge in [0, 0.05) is 22.6 Å². The molecule has 2 nitrogen and oxygen atoms in total. The van der Waals surface area contributed by atoms with E-state index >= 15 is 0 Å². The highest BCUT2D eigenvalue weighted by molar-refractivity contribution is 6.35. The van der Waals surface area contributed by atoms with E-state index in [1.807, 2.05) is 0 Å². The van der Waals surface area contributed by atoms with E-state index in [-0.39, 0.29) is 6.04 Å². The number of nitrogens with two attached hydrogens (primary N) is 2. The van der Waals surface area contributed by atoms with Gasteiger partial charge in [-0.1, -0.05) is 29.3 Å². The number of hydrogen-bond donors (Lipinski definition) is 2. The summed E-state index contributed by atoms with van der Waals surface area (Å²) in [4.78, 5) is 0. The lowest BCUT2D eigenvalue weighted by atomic mass is 10.1. The van der Waals surface area contributed by atoms with Crippen molar-refractivity contribution in [2.75, 3.05) is 6.54 Å². The topological polar surface area (TPSA) is 52.0 Å². The number of hydrogen-bond acceptors (Lipinski definition) is 2. The van der Waals surface area contributed by atoms with Gasteiger partial charge in [0.1, 0.15) is 0 Å². The van der Waals surface area contributed by atoms with Crippen molar-refractivity contribution < 1.29 is 0 Å². The average molecular weight is 205 g/mol. The molecule has 1 aromatic rings. The molecule has 1 atom stereocenters. The van der Waals surface area contributed by atoms with Crippen LogP contribution in [0.25, 0.3) is 0 Å². The molecule has 0 aliphatic heterocycles. The van der Waals surface area contributed by atoms with Gasteiger partial charge < -0.3 is 11.5 Å². The zero-order valence-corrected chi connectivity index (χ0v) is 7.94. The predicted molar refractivity (Wildman–Crippen MR) is 52.4 cm³/mol. The molecule has 0 aliphatic carbocycles. The Balaban J connectivity index is 3.01. The molecule has 0 unspecified atom stereocenters. The fraction of sp³-hybridized carbons (Fsp3) is 0.250. The van der Waals surface area contributed by atoms with Gasteiger partial charge in [-0.3, -0.25) is 0 Å². The summed E-state index contributed by atoms with van der Waals surface area (Å²) in [5.41, 5.74) is 11.9. The molecule has 1 aromatic carbocycles. The van der Waals surface area contributed by atoms with Gasteiger partial charge >= 0.3 is 0 Å². The summed E-state index contributed by atoms with van der Waals surface area (Å²) in [5, 5.41) is 1.17. The van der Waals surface area contributed by atoms with Crippen molar-refractivity contribution in [3.05, 3.63) is 33.8 Å². The molecule has 1 rings (SSSR count). The molecule has 0 saturated heterocycles. The van der Waals surface area contributed by atoms with Gasteiger partial charge in [-0.15, -0.1) is 0 Å². The predicted octanol–water partition coefficient (Wildman–Crippen LogP) is 1.95. The minimum absolute atomic E-state index is 0.213. The minimum atomic E-state index is -0.213. The molecule has 0 aromatic heterocycles. The summed E-state index contributed by atoms with van der Waals surface area (Å²) in [6, 6.07) is 4.99. The van der Waals surface area contributed by atoms with E-state index in [2.05, 4.69) is 0 Å². The van der Waals surface area contributed by atoms with Crippen LogP contribution in [0, 0.1) is 0 Å². The number of rotatable bonds is 2. The van der Waals surface area contributed by atoms with Crippen LogP contribution in [0.15, 0.2) is 18.2 Å². The third kappa shape index (κ3) is 2.11. The second-order valence-electron chi connectivity index (χ2n) is 2.51.